The van der Waals surface area contributed by atoms with Crippen molar-refractivity contribution in [2.75, 3.05) is 0 Å². The van der Waals surface area contributed by atoms with Crippen molar-refractivity contribution in [2.24, 2.45) is 0 Å². The quantitative estimate of drug-likeness (QED) is 0.697. The number of alkyl halides is 1. The molecule has 0 nitrogen and oxygen atoms in total. The Bertz CT molecular complexity index is 288. The lowest BCUT2D eigenvalue weighted by atomic mass is 10.1. The van der Waals surface area contributed by atoms with Crippen LogP contribution in [0.1, 0.15) is 30.7 Å². The lowest BCUT2D eigenvalue weighted by Gasteiger charge is -2.08. The van der Waals surface area contributed by atoms with E-state index >= 15 is 0 Å². The summed E-state index contributed by atoms with van der Waals surface area (Å²) >= 11 is 9.22. The second-order valence-corrected chi connectivity index (χ2v) is 4.31. The van der Waals surface area contributed by atoms with Crippen LogP contribution in [0.2, 0.25) is 0 Å². The summed E-state index contributed by atoms with van der Waals surface area (Å²) in [5.74, 6) is -0.246. The summed E-state index contributed by atoms with van der Waals surface area (Å²) in [7, 11) is 0. The summed E-state index contributed by atoms with van der Waals surface area (Å²) in [6, 6.07) is 4.90. The Morgan fingerprint density at radius 3 is 2.77 bits per heavy atom. The monoisotopic (exact) mass is 264 g/mol. The van der Waals surface area contributed by atoms with Gasteiger partial charge in [0.05, 0.1) is 9.85 Å². The van der Waals surface area contributed by atoms with E-state index in [0.29, 0.717) is 4.47 Å². The molecule has 0 amide bonds. The molecule has 0 saturated heterocycles. The van der Waals surface area contributed by atoms with E-state index in [1.54, 1.807) is 12.1 Å². The second kappa shape index (κ2) is 4.97. The Kier molecular flexibility index (Phi) is 4.20. The molecule has 0 saturated carbocycles. The van der Waals surface area contributed by atoms with Crippen LogP contribution in [0.15, 0.2) is 22.7 Å². The van der Waals surface area contributed by atoms with Crippen molar-refractivity contribution in [3.63, 3.8) is 0 Å². The maximum atomic E-state index is 12.9. The van der Waals surface area contributed by atoms with Crippen molar-refractivity contribution >= 4 is 27.5 Å². The zero-order valence-corrected chi connectivity index (χ0v) is 9.70. The van der Waals surface area contributed by atoms with Crippen LogP contribution in [0.4, 0.5) is 4.39 Å². The van der Waals surface area contributed by atoms with Gasteiger partial charge in [-0.3, -0.25) is 0 Å². The highest BCUT2D eigenvalue weighted by Gasteiger charge is 2.08. The van der Waals surface area contributed by atoms with Crippen LogP contribution in [-0.4, -0.2) is 0 Å². The first-order chi connectivity index (χ1) is 6.15. The minimum absolute atomic E-state index is 0.0121. The van der Waals surface area contributed by atoms with Crippen molar-refractivity contribution in [1.29, 1.82) is 0 Å². The Hall–Kier alpha value is -0.0800. The lowest BCUT2D eigenvalue weighted by Crippen LogP contribution is -1.90. The van der Waals surface area contributed by atoms with E-state index in [9.17, 15) is 4.39 Å². The Morgan fingerprint density at radius 1 is 1.54 bits per heavy atom. The van der Waals surface area contributed by atoms with Gasteiger partial charge in [-0.05, 0) is 40.0 Å². The van der Waals surface area contributed by atoms with E-state index < -0.39 is 0 Å². The zero-order chi connectivity index (χ0) is 9.84. The van der Waals surface area contributed by atoms with E-state index in [2.05, 4.69) is 22.9 Å². The van der Waals surface area contributed by atoms with E-state index in [4.69, 9.17) is 11.6 Å². The molecule has 1 atom stereocenters. The molecule has 0 N–H and O–H groups in total. The molecule has 13 heavy (non-hydrogen) atoms. The Morgan fingerprint density at radius 2 is 2.23 bits per heavy atom. The molecule has 72 valence electrons. The third-order valence-electron chi connectivity index (χ3n) is 1.85. The molecule has 1 aromatic carbocycles. The first kappa shape index (κ1) is 11.0. The second-order valence-electron chi connectivity index (χ2n) is 2.93. The molecule has 0 aliphatic heterocycles. The van der Waals surface area contributed by atoms with Crippen molar-refractivity contribution < 1.29 is 4.39 Å². The van der Waals surface area contributed by atoms with Crippen LogP contribution >= 0.6 is 27.5 Å². The molecule has 1 aromatic rings. The van der Waals surface area contributed by atoms with Gasteiger partial charge < -0.3 is 0 Å². The fourth-order valence-corrected chi connectivity index (χ4v) is 1.88. The van der Waals surface area contributed by atoms with Gasteiger partial charge in [-0.25, -0.2) is 4.39 Å². The highest BCUT2D eigenvalue weighted by molar-refractivity contribution is 9.10. The summed E-state index contributed by atoms with van der Waals surface area (Å²) in [4.78, 5) is 0. The lowest BCUT2D eigenvalue weighted by molar-refractivity contribution is 0.619. The molecule has 0 aliphatic carbocycles. The van der Waals surface area contributed by atoms with Gasteiger partial charge in [0.2, 0.25) is 0 Å². The van der Waals surface area contributed by atoms with E-state index in [0.717, 1.165) is 18.4 Å². The fourth-order valence-electron chi connectivity index (χ4n) is 1.13. The van der Waals surface area contributed by atoms with Crippen molar-refractivity contribution in [1.82, 2.24) is 0 Å². The molecule has 0 radical (unpaired) electrons. The molecule has 3 heteroatoms. The van der Waals surface area contributed by atoms with Gasteiger partial charge in [0, 0.05) is 0 Å². The van der Waals surface area contributed by atoms with Crippen LogP contribution < -0.4 is 0 Å². The molecular weight excluding hydrogens is 254 g/mol. The predicted molar refractivity (Wildman–Crippen MR) is 57.6 cm³/mol. The molecule has 0 heterocycles. The molecule has 1 rings (SSSR count). The first-order valence-corrected chi connectivity index (χ1v) is 5.47. The van der Waals surface area contributed by atoms with Crippen molar-refractivity contribution in [3.05, 3.63) is 34.1 Å². The molecule has 0 spiro atoms. The van der Waals surface area contributed by atoms with E-state index in [-0.39, 0.29) is 11.2 Å². The predicted octanol–water partition coefficient (Wildman–Crippen LogP) is 4.67. The summed E-state index contributed by atoms with van der Waals surface area (Å²) in [5.41, 5.74) is 0.969. The topological polar surface area (TPSA) is 0 Å². The molecule has 1 unspecified atom stereocenters. The molecule has 0 aliphatic rings. The molecule has 0 bridgehead atoms. The minimum atomic E-state index is -0.246. The van der Waals surface area contributed by atoms with Crippen LogP contribution in [0.5, 0.6) is 0 Å². The standard InChI is InChI=1S/C10H11BrClF/c1-2-3-9(12)7-4-5-10(13)8(11)6-7/h4-6,9H,2-3H2,1H3. The summed E-state index contributed by atoms with van der Waals surface area (Å²) in [6.07, 6.45) is 1.95. The van der Waals surface area contributed by atoms with Crippen LogP contribution in [0.25, 0.3) is 0 Å². The fraction of sp³-hybridized carbons (Fsp3) is 0.400. The van der Waals surface area contributed by atoms with Crippen LogP contribution in [-0.2, 0) is 0 Å². The number of hydrogen-bond donors (Lipinski definition) is 0. The summed E-state index contributed by atoms with van der Waals surface area (Å²) in [5, 5.41) is -0.0121. The SMILES string of the molecule is CCCC(Cl)c1ccc(F)c(Br)c1. The van der Waals surface area contributed by atoms with E-state index in [1.165, 1.54) is 6.07 Å². The highest BCUT2D eigenvalue weighted by Crippen LogP contribution is 2.28. The number of benzene rings is 1. The van der Waals surface area contributed by atoms with Gasteiger partial charge in [-0.15, -0.1) is 11.6 Å². The van der Waals surface area contributed by atoms with Gasteiger partial charge in [-0.1, -0.05) is 19.4 Å². The Balaban J connectivity index is 2.84. The van der Waals surface area contributed by atoms with Gasteiger partial charge in [0.15, 0.2) is 0 Å². The van der Waals surface area contributed by atoms with Crippen LogP contribution in [0.3, 0.4) is 0 Å². The van der Waals surface area contributed by atoms with Crippen molar-refractivity contribution in [3.8, 4) is 0 Å². The third-order valence-corrected chi connectivity index (χ3v) is 2.93. The van der Waals surface area contributed by atoms with Gasteiger partial charge in [0.1, 0.15) is 5.82 Å². The molecule has 0 aromatic heterocycles. The minimum Gasteiger partial charge on any atom is -0.206 e. The zero-order valence-electron chi connectivity index (χ0n) is 7.36. The maximum Gasteiger partial charge on any atom is 0.137 e. The van der Waals surface area contributed by atoms with Crippen LogP contribution in [0, 0.1) is 5.82 Å². The number of hydrogen-bond acceptors (Lipinski definition) is 0. The van der Waals surface area contributed by atoms with Crippen molar-refractivity contribution in [2.45, 2.75) is 25.1 Å². The first-order valence-electron chi connectivity index (χ1n) is 4.24. The molecular formula is C10H11BrClF. The van der Waals surface area contributed by atoms with Gasteiger partial charge in [-0.2, -0.15) is 0 Å². The smallest absolute Gasteiger partial charge is 0.137 e. The molecule has 0 fully saturated rings. The highest BCUT2D eigenvalue weighted by atomic mass is 79.9. The average molecular weight is 266 g/mol. The van der Waals surface area contributed by atoms with Gasteiger partial charge >= 0.3 is 0 Å². The maximum absolute atomic E-state index is 12.9. The van der Waals surface area contributed by atoms with E-state index in [1.807, 2.05) is 0 Å². The normalized spacial score (nSPS) is 12.9. The number of rotatable bonds is 3. The van der Waals surface area contributed by atoms with Gasteiger partial charge in [0.25, 0.3) is 0 Å². The third kappa shape index (κ3) is 2.96. The number of halogens is 3. The largest absolute Gasteiger partial charge is 0.206 e. The summed E-state index contributed by atoms with van der Waals surface area (Å²) < 4.78 is 13.3. The average Bonchev–Trinajstić information content (AvgIpc) is 2.10. The summed E-state index contributed by atoms with van der Waals surface area (Å²) in [6.45, 7) is 2.08. The Labute approximate surface area is 91.2 Å².